The second-order valence-electron chi connectivity index (χ2n) is 5.06. The van der Waals surface area contributed by atoms with Crippen LogP contribution in [0, 0.1) is 5.92 Å². The summed E-state index contributed by atoms with van der Waals surface area (Å²) in [6, 6.07) is 7.73. The van der Waals surface area contributed by atoms with E-state index in [2.05, 4.69) is 15.9 Å². The fourth-order valence-electron chi connectivity index (χ4n) is 1.80. The lowest BCUT2D eigenvalue weighted by atomic mass is 9.99. The van der Waals surface area contributed by atoms with Crippen molar-refractivity contribution >= 4 is 37.4 Å². The Kier molecular flexibility index (Phi) is 6.84. The average Bonchev–Trinajstić information content (AvgIpc) is 2.34. The lowest BCUT2D eigenvalue weighted by Gasteiger charge is -2.15. The maximum absolute atomic E-state index is 11.8. The summed E-state index contributed by atoms with van der Waals surface area (Å²) in [7, 11) is -2.95. The van der Waals surface area contributed by atoms with Crippen LogP contribution in [-0.2, 0) is 16.3 Å². The minimum atomic E-state index is -2.95. The van der Waals surface area contributed by atoms with Gasteiger partial charge in [0.05, 0.1) is 11.0 Å². The van der Waals surface area contributed by atoms with Gasteiger partial charge < -0.3 is 0 Å². The van der Waals surface area contributed by atoms with Gasteiger partial charge in [-0.2, -0.15) is 0 Å². The zero-order valence-corrected chi connectivity index (χ0v) is 14.4. The van der Waals surface area contributed by atoms with Gasteiger partial charge in [-0.1, -0.05) is 39.7 Å². The van der Waals surface area contributed by atoms with Crippen LogP contribution in [0.4, 0.5) is 0 Å². The fourth-order valence-corrected chi connectivity index (χ4v) is 3.70. The van der Waals surface area contributed by atoms with Gasteiger partial charge in [0.25, 0.3) is 0 Å². The van der Waals surface area contributed by atoms with Crippen molar-refractivity contribution in [2.24, 2.45) is 5.92 Å². The monoisotopic (exact) mass is 366 g/mol. The Morgan fingerprint density at radius 2 is 2.00 bits per heavy atom. The van der Waals surface area contributed by atoms with Gasteiger partial charge >= 0.3 is 0 Å². The highest BCUT2D eigenvalue weighted by molar-refractivity contribution is 9.09. The Morgan fingerprint density at radius 1 is 1.32 bits per heavy atom. The molecule has 0 spiro atoms. The molecule has 2 nitrogen and oxygen atoms in total. The van der Waals surface area contributed by atoms with Crippen LogP contribution in [0.2, 0.25) is 5.02 Å². The lowest BCUT2D eigenvalue weighted by Crippen LogP contribution is -2.21. The van der Waals surface area contributed by atoms with Crippen molar-refractivity contribution in [2.45, 2.75) is 31.9 Å². The molecule has 1 aromatic rings. The standard InChI is InChI=1S/C14H20BrClO2S/c1-11(2)19(17,18)7-6-13(10-15)8-12-4-3-5-14(16)9-12/h3-5,9,11,13H,6-8,10H2,1-2H3. The van der Waals surface area contributed by atoms with E-state index < -0.39 is 9.84 Å². The van der Waals surface area contributed by atoms with Gasteiger partial charge in [-0.25, -0.2) is 8.42 Å². The van der Waals surface area contributed by atoms with Crippen LogP contribution in [0.5, 0.6) is 0 Å². The van der Waals surface area contributed by atoms with E-state index in [0.717, 1.165) is 22.3 Å². The number of rotatable bonds is 7. The van der Waals surface area contributed by atoms with Gasteiger partial charge in [0.15, 0.2) is 9.84 Å². The molecule has 0 radical (unpaired) electrons. The van der Waals surface area contributed by atoms with E-state index in [1.165, 1.54) is 0 Å². The summed E-state index contributed by atoms with van der Waals surface area (Å²) in [6.07, 6.45) is 1.53. The summed E-state index contributed by atoms with van der Waals surface area (Å²) in [5.41, 5.74) is 1.15. The van der Waals surface area contributed by atoms with Crippen LogP contribution < -0.4 is 0 Å². The molecule has 1 aromatic carbocycles. The molecule has 0 amide bonds. The minimum Gasteiger partial charge on any atom is -0.229 e. The van der Waals surface area contributed by atoms with Crippen molar-refractivity contribution in [1.29, 1.82) is 0 Å². The van der Waals surface area contributed by atoms with Crippen molar-refractivity contribution in [1.82, 2.24) is 0 Å². The minimum absolute atomic E-state index is 0.251. The van der Waals surface area contributed by atoms with Crippen LogP contribution in [0.15, 0.2) is 24.3 Å². The first-order valence-corrected chi connectivity index (χ1v) is 9.58. The van der Waals surface area contributed by atoms with E-state index in [4.69, 9.17) is 11.6 Å². The molecule has 0 bridgehead atoms. The van der Waals surface area contributed by atoms with Gasteiger partial charge in [-0.15, -0.1) is 0 Å². The molecule has 19 heavy (non-hydrogen) atoms. The van der Waals surface area contributed by atoms with Crippen LogP contribution in [0.3, 0.4) is 0 Å². The molecule has 5 heteroatoms. The number of alkyl halides is 1. The summed E-state index contributed by atoms with van der Waals surface area (Å²) in [4.78, 5) is 0. The number of benzene rings is 1. The fraction of sp³-hybridized carbons (Fsp3) is 0.571. The predicted octanol–water partition coefficient (Wildman–Crippen LogP) is 4.11. The van der Waals surface area contributed by atoms with Gasteiger partial charge in [-0.05, 0) is 50.3 Å². The molecule has 0 aliphatic heterocycles. The van der Waals surface area contributed by atoms with Crippen LogP contribution in [0.25, 0.3) is 0 Å². The molecule has 0 N–H and O–H groups in total. The summed E-state index contributed by atoms with van der Waals surface area (Å²) in [6.45, 7) is 3.46. The largest absolute Gasteiger partial charge is 0.229 e. The molecular weight excluding hydrogens is 348 g/mol. The molecule has 0 saturated carbocycles. The Labute approximate surface area is 129 Å². The second kappa shape index (κ2) is 7.65. The van der Waals surface area contributed by atoms with Gasteiger partial charge in [0, 0.05) is 10.4 Å². The summed E-state index contributed by atoms with van der Waals surface area (Å²) < 4.78 is 23.6. The van der Waals surface area contributed by atoms with E-state index in [1.807, 2.05) is 24.3 Å². The molecule has 0 aromatic heterocycles. The zero-order chi connectivity index (χ0) is 14.5. The van der Waals surface area contributed by atoms with Crippen molar-refractivity contribution in [3.8, 4) is 0 Å². The van der Waals surface area contributed by atoms with Crippen molar-refractivity contribution in [3.05, 3.63) is 34.9 Å². The van der Waals surface area contributed by atoms with E-state index in [9.17, 15) is 8.42 Å². The first-order chi connectivity index (χ1) is 8.85. The highest BCUT2D eigenvalue weighted by atomic mass is 79.9. The smallest absolute Gasteiger partial charge is 0.152 e. The molecule has 0 fully saturated rings. The molecule has 0 aliphatic carbocycles. The molecule has 1 atom stereocenters. The maximum atomic E-state index is 11.8. The summed E-state index contributed by atoms with van der Waals surface area (Å²) in [5.74, 6) is 0.564. The maximum Gasteiger partial charge on any atom is 0.152 e. The van der Waals surface area contributed by atoms with Gasteiger partial charge in [0.2, 0.25) is 0 Å². The van der Waals surface area contributed by atoms with Crippen LogP contribution in [0.1, 0.15) is 25.8 Å². The first kappa shape index (κ1) is 17.0. The third-order valence-corrected chi connectivity index (χ3v) is 6.55. The molecule has 1 rings (SSSR count). The molecule has 0 saturated heterocycles. The third kappa shape index (κ3) is 5.84. The van der Waals surface area contributed by atoms with E-state index >= 15 is 0 Å². The van der Waals surface area contributed by atoms with E-state index in [-0.39, 0.29) is 11.0 Å². The summed E-state index contributed by atoms with van der Waals surface area (Å²) >= 11 is 9.42. The zero-order valence-electron chi connectivity index (χ0n) is 11.3. The molecule has 0 heterocycles. The molecule has 1 unspecified atom stereocenters. The van der Waals surface area contributed by atoms with Crippen molar-refractivity contribution < 1.29 is 8.42 Å². The second-order valence-corrected chi connectivity index (χ2v) is 8.82. The lowest BCUT2D eigenvalue weighted by molar-refractivity contribution is 0.548. The predicted molar refractivity (Wildman–Crippen MR) is 86.0 cm³/mol. The first-order valence-electron chi connectivity index (χ1n) is 6.37. The van der Waals surface area contributed by atoms with Crippen LogP contribution >= 0.6 is 27.5 Å². The average molecular weight is 368 g/mol. The van der Waals surface area contributed by atoms with Gasteiger partial charge in [-0.3, -0.25) is 0 Å². The Balaban J connectivity index is 2.60. The Morgan fingerprint density at radius 3 is 2.53 bits per heavy atom. The number of halogens is 2. The number of hydrogen-bond acceptors (Lipinski definition) is 2. The highest BCUT2D eigenvalue weighted by Gasteiger charge is 2.18. The van der Waals surface area contributed by atoms with Crippen molar-refractivity contribution in [3.63, 3.8) is 0 Å². The Hall–Kier alpha value is -0.0600. The number of hydrogen-bond donors (Lipinski definition) is 0. The van der Waals surface area contributed by atoms with Crippen LogP contribution in [-0.4, -0.2) is 24.8 Å². The van der Waals surface area contributed by atoms with Gasteiger partial charge in [0.1, 0.15) is 0 Å². The highest BCUT2D eigenvalue weighted by Crippen LogP contribution is 2.19. The third-order valence-electron chi connectivity index (χ3n) is 3.16. The molecule has 0 aliphatic rings. The topological polar surface area (TPSA) is 34.1 Å². The quantitative estimate of drug-likeness (QED) is 0.680. The normalized spacial score (nSPS) is 13.7. The van der Waals surface area contributed by atoms with Crippen molar-refractivity contribution in [2.75, 3.05) is 11.1 Å². The summed E-state index contributed by atoms with van der Waals surface area (Å²) in [5, 5.41) is 1.22. The SMILES string of the molecule is CC(C)S(=O)(=O)CCC(CBr)Cc1cccc(Cl)c1. The Bertz CT molecular complexity index is 500. The molecule has 108 valence electrons. The number of sulfone groups is 1. The molecular formula is C14H20BrClO2S. The van der Waals surface area contributed by atoms with E-state index in [0.29, 0.717) is 12.3 Å². The van der Waals surface area contributed by atoms with E-state index in [1.54, 1.807) is 13.8 Å².